The molecule has 3 rings (SSSR count). The van der Waals surface area contributed by atoms with Crippen LogP contribution in [0.3, 0.4) is 0 Å². The number of halogens is 1. The predicted molar refractivity (Wildman–Crippen MR) is 132 cm³/mol. The number of amides is 2. The molecule has 2 amide bonds. The second-order valence-corrected chi connectivity index (χ2v) is 8.57. The maximum absolute atomic E-state index is 12.8. The largest absolute Gasteiger partial charge is 0.445 e. The van der Waals surface area contributed by atoms with Crippen LogP contribution in [0.25, 0.3) is 11.1 Å². The molecular formula is C27H29ClN2O3. The minimum absolute atomic E-state index is 0.0898. The van der Waals surface area contributed by atoms with E-state index in [0.29, 0.717) is 23.0 Å². The molecule has 0 aliphatic heterocycles. The number of ether oxygens (including phenoxy) is 1. The summed E-state index contributed by atoms with van der Waals surface area (Å²) in [6.45, 7) is 5.24. The van der Waals surface area contributed by atoms with Crippen LogP contribution in [0.1, 0.15) is 41.8 Å². The highest BCUT2D eigenvalue weighted by atomic mass is 35.5. The fraction of sp³-hybridized carbons (Fsp3) is 0.259. The summed E-state index contributed by atoms with van der Waals surface area (Å²) in [6.07, 6.45) is 0.384. The van der Waals surface area contributed by atoms with Gasteiger partial charge in [0.15, 0.2) is 0 Å². The molecule has 0 unspecified atom stereocenters. The van der Waals surface area contributed by atoms with Crippen molar-refractivity contribution in [1.82, 2.24) is 10.6 Å². The van der Waals surface area contributed by atoms with Gasteiger partial charge in [-0.05, 0) is 41.2 Å². The molecule has 0 saturated heterocycles. The van der Waals surface area contributed by atoms with Gasteiger partial charge < -0.3 is 15.4 Å². The van der Waals surface area contributed by atoms with Gasteiger partial charge in [-0.2, -0.15) is 0 Å². The Morgan fingerprint density at radius 3 is 2.21 bits per heavy atom. The highest BCUT2D eigenvalue weighted by Crippen LogP contribution is 2.27. The summed E-state index contributed by atoms with van der Waals surface area (Å²) in [5, 5.41) is 6.35. The fourth-order valence-corrected chi connectivity index (χ4v) is 3.59. The maximum atomic E-state index is 12.8. The van der Waals surface area contributed by atoms with Crippen LogP contribution in [0, 0.1) is 5.92 Å². The molecule has 0 heterocycles. The normalized spacial score (nSPS) is 10.7. The van der Waals surface area contributed by atoms with E-state index in [1.807, 2.05) is 66.7 Å². The van der Waals surface area contributed by atoms with Crippen LogP contribution < -0.4 is 10.6 Å². The molecule has 0 aliphatic carbocycles. The van der Waals surface area contributed by atoms with Crippen molar-refractivity contribution in [3.63, 3.8) is 0 Å². The van der Waals surface area contributed by atoms with Crippen LogP contribution in [0.15, 0.2) is 72.8 Å². The number of hydrogen-bond donors (Lipinski definition) is 2. The molecule has 0 atom stereocenters. The van der Waals surface area contributed by atoms with E-state index in [1.165, 1.54) is 0 Å². The van der Waals surface area contributed by atoms with E-state index >= 15 is 0 Å². The van der Waals surface area contributed by atoms with Crippen molar-refractivity contribution in [2.75, 3.05) is 6.54 Å². The van der Waals surface area contributed by atoms with Crippen LogP contribution >= 0.6 is 11.6 Å². The van der Waals surface area contributed by atoms with E-state index in [4.69, 9.17) is 16.3 Å². The number of hydrogen-bond acceptors (Lipinski definition) is 3. The molecule has 0 aliphatic rings. The summed E-state index contributed by atoms with van der Waals surface area (Å²) in [7, 11) is 0. The molecule has 2 N–H and O–H groups in total. The van der Waals surface area contributed by atoms with Crippen LogP contribution in [0.4, 0.5) is 4.79 Å². The topological polar surface area (TPSA) is 67.4 Å². The van der Waals surface area contributed by atoms with Gasteiger partial charge in [-0.1, -0.05) is 86.1 Å². The minimum Gasteiger partial charge on any atom is -0.445 e. The zero-order valence-electron chi connectivity index (χ0n) is 18.9. The van der Waals surface area contributed by atoms with Crippen molar-refractivity contribution in [1.29, 1.82) is 0 Å². The number of alkyl carbamates (subject to hydrolysis) is 1. The van der Waals surface area contributed by atoms with E-state index in [9.17, 15) is 9.59 Å². The molecule has 0 saturated carbocycles. The highest BCUT2D eigenvalue weighted by molar-refractivity contribution is 6.31. The van der Waals surface area contributed by atoms with Gasteiger partial charge in [0.1, 0.15) is 6.61 Å². The third kappa shape index (κ3) is 7.09. The Kier molecular flexibility index (Phi) is 8.90. The average Bonchev–Trinajstić information content (AvgIpc) is 2.82. The lowest BCUT2D eigenvalue weighted by molar-refractivity contribution is 0.0952. The zero-order valence-corrected chi connectivity index (χ0v) is 19.7. The Labute approximate surface area is 200 Å². The van der Waals surface area contributed by atoms with E-state index < -0.39 is 6.09 Å². The first-order valence-corrected chi connectivity index (χ1v) is 11.4. The molecular weight excluding hydrogens is 436 g/mol. The van der Waals surface area contributed by atoms with Crippen LogP contribution in [-0.4, -0.2) is 18.5 Å². The van der Waals surface area contributed by atoms with Crippen molar-refractivity contribution in [3.05, 3.63) is 94.5 Å². The van der Waals surface area contributed by atoms with Gasteiger partial charge in [0, 0.05) is 29.2 Å². The molecule has 3 aromatic rings. The zero-order chi connectivity index (χ0) is 23.6. The van der Waals surface area contributed by atoms with Crippen molar-refractivity contribution < 1.29 is 14.3 Å². The Morgan fingerprint density at radius 2 is 1.48 bits per heavy atom. The van der Waals surface area contributed by atoms with Gasteiger partial charge in [-0.15, -0.1) is 0 Å². The SMILES string of the molecule is CC(C)CCNC(=O)c1ccccc1-c1ccccc1CNC(=O)OCc1ccccc1Cl. The van der Waals surface area contributed by atoms with E-state index in [-0.39, 0.29) is 19.1 Å². The summed E-state index contributed by atoms with van der Waals surface area (Å²) < 4.78 is 5.30. The first-order valence-electron chi connectivity index (χ1n) is 11.0. The standard InChI is InChI=1S/C27H29ClN2O3/c1-19(2)15-16-29-26(31)24-13-7-6-12-23(24)22-11-5-3-9-20(22)17-30-27(32)33-18-21-10-4-8-14-25(21)28/h3-14,19H,15-18H2,1-2H3,(H,29,31)(H,30,32). The van der Waals surface area contributed by atoms with Crippen molar-refractivity contribution in [2.45, 2.75) is 33.4 Å². The Hall–Kier alpha value is -3.31. The number of rotatable bonds is 9. The third-order valence-corrected chi connectivity index (χ3v) is 5.59. The first kappa shape index (κ1) is 24.3. The monoisotopic (exact) mass is 464 g/mol. The van der Waals surface area contributed by atoms with Gasteiger partial charge in [0.25, 0.3) is 5.91 Å². The molecule has 6 heteroatoms. The minimum atomic E-state index is -0.538. The fourth-order valence-electron chi connectivity index (χ4n) is 3.40. The van der Waals surface area contributed by atoms with E-state index in [1.54, 1.807) is 6.07 Å². The van der Waals surface area contributed by atoms with Crippen LogP contribution in [0.2, 0.25) is 5.02 Å². The second kappa shape index (κ2) is 12.1. The number of carbonyl (C=O) groups excluding carboxylic acids is 2. The highest BCUT2D eigenvalue weighted by Gasteiger charge is 2.15. The van der Waals surface area contributed by atoms with E-state index in [2.05, 4.69) is 24.5 Å². The van der Waals surface area contributed by atoms with Crippen molar-refractivity contribution in [3.8, 4) is 11.1 Å². The molecule has 0 bridgehead atoms. The summed E-state index contributed by atoms with van der Waals surface area (Å²) in [6, 6.07) is 22.4. The van der Waals surface area contributed by atoms with Gasteiger partial charge in [-0.25, -0.2) is 4.79 Å². The quantitative estimate of drug-likeness (QED) is 0.395. The maximum Gasteiger partial charge on any atom is 0.407 e. The summed E-state index contributed by atoms with van der Waals surface area (Å²) >= 11 is 6.11. The molecule has 5 nitrogen and oxygen atoms in total. The molecule has 3 aromatic carbocycles. The van der Waals surface area contributed by atoms with Crippen LogP contribution in [0.5, 0.6) is 0 Å². The number of nitrogens with one attached hydrogen (secondary N) is 2. The van der Waals surface area contributed by atoms with Crippen molar-refractivity contribution >= 4 is 23.6 Å². The summed E-state index contributed by atoms with van der Waals surface area (Å²) in [5.74, 6) is 0.415. The molecule has 0 fully saturated rings. The Balaban J connectivity index is 1.69. The molecule has 0 aromatic heterocycles. The number of carbonyl (C=O) groups is 2. The van der Waals surface area contributed by atoms with Gasteiger partial charge >= 0.3 is 6.09 Å². The van der Waals surface area contributed by atoms with Gasteiger partial charge in [0.2, 0.25) is 0 Å². The third-order valence-electron chi connectivity index (χ3n) is 5.23. The summed E-state index contributed by atoms with van der Waals surface area (Å²) in [5.41, 5.74) is 3.94. The molecule has 0 radical (unpaired) electrons. The lowest BCUT2D eigenvalue weighted by Gasteiger charge is -2.15. The van der Waals surface area contributed by atoms with Crippen LogP contribution in [-0.2, 0) is 17.9 Å². The lowest BCUT2D eigenvalue weighted by atomic mass is 9.95. The molecule has 33 heavy (non-hydrogen) atoms. The Morgan fingerprint density at radius 1 is 0.848 bits per heavy atom. The smallest absolute Gasteiger partial charge is 0.407 e. The first-order chi connectivity index (χ1) is 16.0. The van der Waals surface area contributed by atoms with Gasteiger partial charge in [0.05, 0.1) is 0 Å². The average molecular weight is 465 g/mol. The predicted octanol–water partition coefficient (Wildman–Crippen LogP) is 6.21. The van der Waals surface area contributed by atoms with Gasteiger partial charge in [-0.3, -0.25) is 4.79 Å². The lowest BCUT2D eigenvalue weighted by Crippen LogP contribution is -2.26. The molecule has 172 valence electrons. The second-order valence-electron chi connectivity index (χ2n) is 8.16. The molecule has 0 spiro atoms. The number of benzene rings is 3. The Bertz CT molecular complexity index is 1100. The summed E-state index contributed by atoms with van der Waals surface area (Å²) in [4.78, 5) is 25.1. The van der Waals surface area contributed by atoms with E-state index in [0.717, 1.165) is 28.7 Å². The van der Waals surface area contributed by atoms with Crippen molar-refractivity contribution in [2.24, 2.45) is 5.92 Å².